The van der Waals surface area contributed by atoms with Gasteiger partial charge in [-0.25, -0.2) is 0 Å². The predicted molar refractivity (Wildman–Crippen MR) is 87.1 cm³/mol. The summed E-state index contributed by atoms with van der Waals surface area (Å²) in [6, 6.07) is 11.9. The number of likely N-dealkylation sites (N-methyl/N-ethyl adjacent to an activating group) is 1. The minimum Gasteiger partial charge on any atom is -0.496 e. The summed E-state index contributed by atoms with van der Waals surface area (Å²) in [6.45, 7) is 4.98. The molecule has 0 fully saturated rings. The van der Waals surface area contributed by atoms with Gasteiger partial charge in [0.25, 0.3) is 0 Å². The topological polar surface area (TPSA) is 34.1 Å². The number of benzene rings is 1. The molecular weight excluding hydrogens is 284 g/mol. The first kappa shape index (κ1) is 15.8. The maximum atomic E-state index is 6.11. The van der Waals surface area contributed by atoms with Crippen LogP contribution < -0.4 is 10.1 Å². The number of ether oxygens (including phenoxy) is 1. The van der Waals surface area contributed by atoms with E-state index in [0.29, 0.717) is 0 Å². The van der Waals surface area contributed by atoms with Gasteiger partial charge in [-0.2, -0.15) is 0 Å². The van der Waals surface area contributed by atoms with E-state index in [1.165, 1.54) is 0 Å². The van der Waals surface area contributed by atoms with Gasteiger partial charge in [-0.15, -0.1) is 0 Å². The van der Waals surface area contributed by atoms with Crippen LogP contribution in [0, 0.1) is 6.92 Å². The molecule has 2 aromatic rings. The molecule has 1 aromatic carbocycles. The molecule has 0 radical (unpaired) electrons. The predicted octanol–water partition coefficient (Wildman–Crippen LogP) is 3.95. The SMILES string of the molecule is CCNC(Cc1cc(Cl)ccc1OC)c1cccc(C)n1. The summed E-state index contributed by atoms with van der Waals surface area (Å²) in [7, 11) is 1.68. The van der Waals surface area contributed by atoms with Crippen molar-refractivity contribution in [3.8, 4) is 5.75 Å². The van der Waals surface area contributed by atoms with Crippen LogP contribution in [0.3, 0.4) is 0 Å². The number of aromatic nitrogens is 1. The van der Waals surface area contributed by atoms with Crippen LogP contribution in [-0.4, -0.2) is 18.6 Å². The number of pyridine rings is 1. The van der Waals surface area contributed by atoms with E-state index in [1.54, 1.807) is 7.11 Å². The first-order chi connectivity index (χ1) is 10.1. The second-order valence-electron chi connectivity index (χ2n) is 4.97. The third-order valence-corrected chi connectivity index (χ3v) is 3.62. The van der Waals surface area contributed by atoms with Gasteiger partial charge in [0.1, 0.15) is 5.75 Å². The number of nitrogens with one attached hydrogen (secondary N) is 1. The molecule has 0 aliphatic carbocycles. The lowest BCUT2D eigenvalue weighted by Gasteiger charge is -2.19. The number of nitrogens with zero attached hydrogens (tertiary/aromatic N) is 1. The van der Waals surface area contributed by atoms with Gasteiger partial charge in [0, 0.05) is 10.7 Å². The quantitative estimate of drug-likeness (QED) is 0.877. The van der Waals surface area contributed by atoms with Gasteiger partial charge < -0.3 is 10.1 Å². The number of halogens is 1. The molecule has 21 heavy (non-hydrogen) atoms. The summed E-state index contributed by atoms with van der Waals surface area (Å²) in [5, 5.41) is 4.20. The number of rotatable bonds is 6. The van der Waals surface area contributed by atoms with E-state index in [-0.39, 0.29) is 6.04 Å². The Balaban J connectivity index is 2.30. The smallest absolute Gasteiger partial charge is 0.122 e. The Morgan fingerprint density at radius 2 is 2.10 bits per heavy atom. The fraction of sp³-hybridized carbons (Fsp3) is 0.353. The molecule has 0 saturated carbocycles. The van der Waals surface area contributed by atoms with Crippen molar-refractivity contribution in [3.05, 3.63) is 58.4 Å². The molecule has 0 aliphatic heterocycles. The lowest BCUT2D eigenvalue weighted by Crippen LogP contribution is -2.24. The van der Waals surface area contributed by atoms with E-state index < -0.39 is 0 Å². The van der Waals surface area contributed by atoms with Gasteiger partial charge in [-0.3, -0.25) is 4.98 Å². The van der Waals surface area contributed by atoms with Gasteiger partial charge >= 0.3 is 0 Å². The maximum Gasteiger partial charge on any atom is 0.122 e. The highest BCUT2D eigenvalue weighted by Gasteiger charge is 2.15. The lowest BCUT2D eigenvalue weighted by molar-refractivity contribution is 0.405. The minimum atomic E-state index is 0.141. The van der Waals surface area contributed by atoms with Crippen molar-refractivity contribution in [2.24, 2.45) is 0 Å². The van der Waals surface area contributed by atoms with Crippen molar-refractivity contribution in [2.45, 2.75) is 26.3 Å². The van der Waals surface area contributed by atoms with Gasteiger partial charge in [0.05, 0.1) is 18.8 Å². The van der Waals surface area contributed by atoms with Crippen molar-refractivity contribution in [3.63, 3.8) is 0 Å². The molecule has 0 saturated heterocycles. The van der Waals surface area contributed by atoms with Crippen LogP contribution in [-0.2, 0) is 6.42 Å². The monoisotopic (exact) mass is 304 g/mol. The standard InChI is InChI=1S/C17H21ClN2O/c1-4-19-16(15-7-5-6-12(2)20-15)11-13-10-14(18)8-9-17(13)21-3/h5-10,16,19H,4,11H2,1-3H3. The van der Waals surface area contributed by atoms with Crippen molar-refractivity contribution < 1.29 is 4.74 Å². The molecule has 0 spiro atoms. The molecule has 1 unspecified atom stereocenters. The highest BCUT2D eigenvalue weighted by atomic mass is 35.5. The van der Waals surface area contributed by atoms with E-state index in [2.05, 4.69) is 23.3 Å². The molecule has 3 nitrogen and oxygen atoms in total. The normalized spacial score (nSPS) is 12.2. The largest absolute Gasteiger partial charge is 0.496 e. The molecular formula is C17H21ClN2O. The molecule has 2 rings (SSSR count). The summed E-state index contributed by atoms with van der Waals surface area (Å²) >= 11 is 6.11. The fourth-order valence-electron chi connectivity index (χ4n) is 2.41. The van der Waals surface area contributed by atoms with E-state index in [4.69, 9.17) is 16.3 Å². The summed E-state index contributed by atoms with van der Waals surface area (Å²) in [4.78, 5) is 4.63. The van der Waals surface area contributed by atoms with E-state index >= 15 is 0 Å². The van der Waals surface area contributed by atoms with Crippen LogP contribution in [0.5, 0.6) is 5.75 Å². The van der Waals surface area contributed by atoms with Crippen molar-refractivity contribution in [1.82, 2.24) is 10.3 Å². The number of aryl methyl sites for hydroxylation is 1. The van der Waals surface area contributed by atoms with Gasteiger partial charge in [0.15, 0.2) is 0 Å². The Hall–Kier alpha value is -1.58. The van der Waals surface area contributed by atoms with Crippen LogP contribution in [0.15, 0.2) is 36.4 Å². The first-order valence-electron chi connectivity index (χ1n) is 7.13. The van der Waals surface area contributed by atoms with Gasteiger partial charge in [0.2, 0.25) is 0 Å². The van der Waals surface area contributed by atoms with Crippen molar-refractivity contribution in [2.75, 3.05) is 13.7 Å². The second-order valence-corrected chi connectivity index (χ2v) is 5.41. The molecule has 1 N–H and O–H groups in total. The molecule has 0 bridgehead atoms. The average molecular weight is 305 g/mol. The Morgan fingerprint density at radius 3 is 2.76 bits per heavy atom. The Morgan fingerprint density at radius 1 is 1.29 bits per heavy atom. The molecule has 4 heteroatoms. The minimum absolute atomic E-state index is 0.141. The Bertz CT molecular complexity index is 601. The lowest BCUT2D eigenvalue weighted by atomic mass is 10.0. The third kappa shape index (κ3) is 4.19. The van der Waals surface area contributed by atoms with Gasteiger partial charge in [-0.05, 0) is 55.8 Å². The van der Waals surface area contributed by atoms with E-state index in [9.17, 15) is 0 Å². The summed E-state index contributed by atoms with van der Waals surface area (Å²) in [5.74, 6) is 0.856. The van der Waals surface area contributed by atoms with E-state index in [1.807, 2.05) is 37.3 Å². The maximum absolute atomic E-state index is 6.11. The zero-order valence-corrected chi connectivity index (χ0v) is 13.4. The third-order valence-electron chi connectivity index (χ3n) is 3.38. The Labute approximate surface area is 131 Å². The summed E-state index contributed by atoms with van der Waals surface area (Å²) < 4.78 is 5.43. The highest BCUT2D eigenvalue weighted by molar-refractivity contribution is 6.30. The Kier molecular flexibility index (Phi) is 5.59. The molecule has 1 aromatic heterocycles. The van der Waals surface area contributed by atoms with Crippen molar-refractivity contribution in [1.29, 1.82) is 0 Å². The van der Waals surface area contributed by atoms with Gasteiger partial charge in [-0.1, -0.05) is 24.6 Å². The number of hydrogen-bond donors (Lipinski definition) is 1. The second kappa shape index (κ2) is 7.43. The van der Waals surface area contributed by atoms with Crippen LogP contribution in [0.4, 0.5) is 0 Å². The fourth-order valence-corrected chi connectivity index (χ4v) is 2.61. The summed E-state index contributed by atoms with van der Waals surface area (Å²) in [6.07, 6.45) is 0.786. The zero-order valence-electron chi connectivity index (χ0n) is 12.7. The summed E-state index contributed by atoms with van der Waals surface area (Å²) in [5.41, 5.74) is 3.14. The highest BCUT2D eigenvalue weighted by Crippen LogP contribution is 2.27. The molecule has 1 heterocycles. The van der Waals surface area contributed by atoms with Crippen LogP contribution in [0.25, 0.3) is 0 Å². The molecule has 112 valence electrons. The number of methoxy groups -OCH3 is 1. The van der Waals surface area contributed by atoms with Crippen molar-refractivity contribution >= 4 is 11.6 Å². The van der Waals surface area contributed by atoms with Crippen LogP contribution in [0.2, 0.25) is 5.02 Å². The molecule has 0 amide bonds. The zero-order chi connectivity index (χ0) is 15.2. The molecule has 1 atom stereocenters. The average Bonchev–Trinajstić information content (AvgIpc) is 2.47. The number of hydrogen-bond acceptors (Lipinski definition) is 3. The molecule has 0 aliphatic rings. The van der Waals surface area contributed by atoms with Crippen LogP contribution in [0.1, 0.15) is 29.9 Å². The first-order valence-corrected chi connectivity index (χ1v) is 7.51. The van der Waals surface area contributed by atoms with E-state index in [0.717, 1.165) is 40.7 Å². The van der Waals surface area contributed by atoms with Crippen LogP contribution >= 0.6 is 11.6 Å².